The largest absolute Gasteiger partial charge is 0.381 e. The molecule has 25 heavy (non-hydrogen) atoms. The topological polar surface area (TPSA) is 71.7 Å². The summed E-state index contributed by atoms with van der Waals surface area (Å²) in [6.07, 6.45) is 3.64. The van der Waals surface area contributed by atoms with Crippen LogP contribution in [0.3, 0.4) is 0 Å². The van der Waals surface area contributed by atoms with Crippen molar-refractivity contribution in [1.29, 1.82) is 0 Å². The van der Waals surface area contributed by atoms with E-state index in [1.165, 1.54) is 12.8 Å². The Morgan fingerprint density at radius 2 is 2.12 bits per heavy atom. The Kier molecular flexibility index (Phi) is 6.45. The van der Waals surface area contributed by atoms with Crippen LogP contribution in [0.2, 0.25) is 0 Å². The lowest BCUT2D eigenvalue weighted by Gasteiger charge is -2.10. The minimum atomic E-state index is 0.564. The fourth-order valence-electron chi connectivity index (χ4n) is 2.44. The van der Waals surface area contributed by atoms with Crippen molar-refractivity contribution in [2.45, 2.75) is 25.8 Å². The van der Waals surface area contributed by atoms with Crippen LogP contribution in [0.25, 0.3) is 11.3 Å². The zero-order chi connectivity index (χ0) is 17.3. The lowest BCUT2D eigenvalue weighted by Crippen LogP contribution is -2.37. The summed E-state index contributed by atoms with van der Waals surface area (Å²) in [6.45, 7) is 3.11. The van der Waals surface area contributed by atoms with Crippen LogP contribution < -0.4 is 10.6 Å². The van der Waals surface area contributed by atoms with Gasteiger partial charge >= 0.3 is 0 Å². The quantitative estimate of drug-likeness (QED) is 0.416. The van der Waals surface area contributed by atoms with Crippen LogP contribution in [-0.4, -0.2) is 37.9 Å². The third-order valence-corrected chi connectivity index (χ3v) is 4.09. The first kappa shape index (κ1) is 17.5. The number of ether oxygens (including phenoxy) is 1. The van der Waals surface area contributed by atoms with Crippen molar-refractivity contribution in [3.63, 3.8) is 0 Å². The van der Waals surface area contributed by atoms with Crippen molar-refractivity contribution in [2.75, 3.05) is 26.8 Å². The molecular formula is C19H26N4O2. The molecule has 0 spiro atoms. The summed E-state index contributed by atoms with van der Waals surface area (Å²) in [5.41, 5.74) is 1.87. The van der Waals surface area contributed by atoms with Crippen LogP contribution in [-0.2, 0) is 11.3 Å². The molecule has 1 fully saturated rings. The highest BCUT2D eigenvalue weighted by Crippen LogP contribution is 2.28. The minimum Gasteiger partial charge on any atom is -0.381 e. The number of hydrogen-bond acceptors (Lipinski definition) is 4. The Labute approximate surface area is 148 Å². The number of nitrogens with zero attached hydrogens (tertiary/aromatic N) is 2. The van der Waals surface area contributed by atoms with Crippen LogP contribution in [0.1, 0.15) is 25.0 Å². The summed E-state index contributed by atoms with van der Waals surface area (Å²) >= 11 is 0. The van der Waals surface area contributed by atoms with E-state index < -0.39 is 0 Å². The molecule has 6 nitrogen and oxygen atoms in total. The van der Waals surface area contributed by atoms with Gasteiger partial charge in [-0.1, -0.05) is 35.5 Å². The molecule has 1 aliphatic carbocycles. The van der Waals surface area contributed by atoms with Crippen LogP contribution in [0.5, 0.6) is 0 Å². The molecule has 1 aromatic heterocycles. The van der Waals surface area contributed by atoms with E-state index in [9.17, 15) is 0 Å². The fraction of sp³-hybridized carbons (Fsp3) is 0.474. The maximum absolute atomic E-state index is 5.62. The van der Waals surface area contributed by atoms with Crippen molar-refractivity contribution >= 4 is 5.96 Å². The first-order valence-electron chi connectivity index (χ1n) is 8.88. The number of rotatable bonds is 9. The van der Waals surface area contributed by atoms with Crippen LogP contribution in [0.15, 0.2) is 45.9 Å². The first-order chi connectivity index (χ1) is 12.3. The monoisotopic (exact) mass is 342 g/mol. The molecule has 1 heterocycles. The average Bonchev–Trinajstić information content (AvgIpc) is 3.36. The van der Waals surface area contributed by atoms with Crippen LogP contribution in [0.4, 0.5) is 0 Å². The molecule has 1 aromatic carbocycles. The Morgan fingerprint density at radius 1 is 1.28 bits per heavy atom. The van der Waals surface area contributed by atoms with E-state index in [-0.39, 0.29) is 0 Å². The van der Waals surface area contributed by atoms with Gasteiger partial charge < -0.3 is 19.9 Å². The number of aliphatic imine (C=N–C) groups is 1. The van der Waals surface area contributed by atoms with Gasteiger partial charge in [0.25, 0.3) is 0 Å². The zero-order valence-corrected chi connectivity index (χ0v) is 14.7. The molecule has 0 aliphatic heterocycles. The maximum atomic E-state index is 5.62. The molecule has 0 bridgehead atoms. The van der Waals surface area contributed by atoms with Gasteiger partial charge in [-0.25, -0.2) is 0 Å². The Hall–Kier alpha value is -2.34. The van der Waals surface area contributed by atoms with Crippen molar-refractivity contribution in [3.05, 3.63) is 42.1 Å². The molecule has 0 unspecified atom stereocenters. The van der Waals surface area contributed by atoms with Gasteiger partial charge in [-0.05, 0) is 25.2 Å². The third-order valence-electron chi connectivity index (χ3n) is 4.09. The average molecular weight is 342 g/mol. The van der Waals surface area contributed by atoms with E-state index >= 15 is 0 Å². The second-order valence-electron chi connectivity index (χ2n) is 6.27. The smallest absolute Gasteiger partial charge is 0.191 e. The highest BCUT2D eigenvalue weighted by Gasteiger charge is 2.20. The molecule has 6 heteroatoms. The SMILES string of the molecule is CN=C(NCCCOCC1CC1)NCc1cc(-c2ccccc2)on1. The molecular weight excluding hydrogens is 316 g/mol. The van der Waals surface area contributed by atoms with Gasteiger partial charge in [-0.2, -0.15) is 0 Å². The molecule has 0 radical (unpaired) electrons. The number of guanidine groups is 1. The number of hydrogen-bond donors (Lipinski definition) is 2. The predicted octanol–water partition coefficient (Wildman–Crippen LogP) is 2.82. The molecule has 1 aliphatic rings. The Bertz CT molecular complexity index is 665. The highest BCUT2D eigenvalue weighted by atomic mass is 16.5. The number of nitrogens with one attached hydrogen (secondary N) is 2. The Morgan fingerprint density at radius 3 is 2.88 bits per heavy atom. The van der Waals surface area contributed by atoms with Crippen molar-refractivity contribution in [2.24, 2.45) is 10.9 Å². The number of aromatic nitrogens is 1. The summed E-state index contributed by atoms with van der Waals surface area (Å²) in [7, 11) is 1.76. The molecule has 134 valence electrons. The summed E-state index contributed by atoms with van der Waals surface area (Å²) in [4.78, 5) is 4.22. The van der Waals surface area contributed by atoms with Gasteiger partial charge in [0.05, 0.1) is 6.54 Å². The van der Waals surface area contributed by atoms with E-state index in [1.54, 1.807) is 7.05 Å². The third kappa shape index (κ3) is 5.90. The fourth-order valence-corrected chi connectivity index (χ4v) is 2.44. The van der Waals surface area contributed by atoms with E-state index in [0.29, 0.717) is 6.54 Å². The standard InChI is InChI=1S/C19H26N4O2/c1-20-19(21-10-5-11-24-14-15-8-9-15)22-13-17-12-18(25-23-17)16-6-3-2-4-7-16/h2-4,6-7,12,15H,5,8-11,13-14H2,1H3,(H2,20,21,22). The molecule has 3 rings (SSSR count). The zero-order valence-electron chi connectivity index (χ0n) is 14.7. The normalized spacial score (nSPS) is 14.5. The van der Waals surface area contributed by atoms with Crippen LogP contribution >= 0.6 is 0 Å². The van der Waals surface area contributed by atoms with E-state index in [2.05, 4.69) is 20.8 Å². The lowest BCUT2D eigenvalue weighted by atomic mass is 10.2. The van der Waals surface area contributed by atoms with E-state index in [4.69, 9.17) is 9.26 Å². The van der Waals surface area contributed by atoms with Crippen LogP contribution in [0, 0.1) is 5.92 Å². The summed E-state index contributed by atoms with van der Waals surface area (Å²) in [5, 5.41) is 10.6. The van der Waals surface area contributed by atoms with Gasteiger partial charge in [0.2, 0.25) is 0 Å². The molecule has 1 saturated carbocycles. The lowest BCUT2D eigenvalue weighted by molar-refractivity contribution is 0.123. The molecule has 0 amide bonds. The van der Waals surface area contributed by atoms with Gasteiger partial charge in [0.1, 0.15) is 5.69 Å². The molecule has 0 atom stereocenters. The second-order valence-corrected chi connectivity index (χ2v) is 6.27. The van der Waals surface area contributed by atoms with Crippen molar-refractivity contribution < 1.29 is 9.26 Å². The molecule has 0 saturated heterocycles. The minimum absolute atomic E-state index is 0.564. The molecule has 2 N–H and O–H groups in total. The van der Waals surface area contributed by atoms with Gasteiger partial charge in [-0.15, -0.1) is 0 Å². The summed E-state index contributed by atoms with van der Waals surface area (Å²) < 4.78 is 11.0. The van der Waals surface area contributed by atoms with Crippen molar-refractivity contribution in [3.8, 4) is 11.3 Å². The van der Waals surface area contributed by atoms with E-state index in [1.807, 2.05) is 36.4 Å². The Balaban J connectivity index is 1.35. The summed E-state index contributed by atoms with van der Waals surface area (Å²) in [6, 6.07) is 11.9. The first-order valence-corrected chi connectivity index (χ1v) is 8.88. The predicted molar refractivity (Wildman–Crippen MR) is 98.3 cm³/mol. The second kappa shape index (κ2) is 9.22. The molecule has 2 aromatic rings. The summed E-state index contributed by atoms with van der Waals surface area (Å²) in [5.74, 6) is 2.35. The van der Waals surface area contributed by atoms with E-state index in [0.717, 1.165) is 55.1 Å². The highest BCUT2D eigenvalue weighted by molar-refractivity contribution is 5.79. The van der Waals surface area contributed by atoms with Gasteiger partial charge in [0.15, 0.2) is 11.7 Å². The number of benzene rings is 1. The maximum Gasteiger partial charge on any atom is 0.191 e. The van der Waals surface area contributed by atoms with Gasteiger partial charge in [0, 0.05) is 38.4 Å². The van der Waals surface area contributed by atoms with Gasteiger partial charge in [-0.3, -0.25) is 4.99 Å². The van der Waals surface area contributed by atoms with Crippen molar-refractivity contribution in [1.82, 2.24) is 15.8 Å².